The molecule has 0 amide bonds. The molecule has 0 radical (unpaired) electrons. The van der Waals surface area contributed by atoms with Crippen LogP contribution in [0.5, 0.6) is 0 Å². The van der Waals surface area contributed by atoms with Crippen molar-refractivity contribution in [3.05, 3.63) is 319 Å². The average molecular weight is 1270 g/mol. The molecule has 6 nitrogen and oxygen atoms in total. The molecule has 0 saturated heterocycles. The summed E-state index contributed by atoms with van der Waals surface area (Å²) in [6.07, 6.45) is 0. The highest BCUT2D eigenvalue weighted by atomic mass is 15.0. The van der Waals surface area contributed by atoms with Crippen LogP contribution in [0.2, 0.25) is 0 Å². The Balaban J connectivity index is 0.000000163. The van der Waals surface area contributed by atoms with Crippen molar-refractivity contribution < 1.29 is 27.4 Å². The van der Waals surface area contributed by atoms with Crippen molar-refractivity contribution in [3.63, 3.8) is 0 Å². The Hall–Kier alpha value is -9.78. The van der Waals surface area contributed by atoms with E-state index in [-0.39, 0.29) is 0 Å². The molecule has 0 aliphatic rings. The summed E-state index contributed by atoms with van der Waals surface area (Å²) in [5, 5.41) is 0. The van der Waals surface area contributed by atoms with Crippen LogP contribution in [0.15, 0.2) is 218 Å². The summed E-state index contributed by atoms with van der Waals surface area (Å²) < 4.78 is 13.5. The highest BCUT2D eigenvalue weighted by Gasteiger charge is 2.21. The highest BCUT2D eigenvalue weighted by Crippen LogP contribution is 2.29. The minimum Gasteiger partial charge on any atom is -0.199 e. The average Bonchev–Trinajstić information content (AvgIpc) is 0.884. The maximum absolute atomic E-state index is 2.26. The third-order valence-corrected chi connectivity index (χ3v) is 19.2. The Bertz CT molecular complexity index is 4360. The van der Waals surface area contributed by atoms with Gasteiger partial charge in [-0.1, -0.05) is 108 Å². The predicted octanol–water partition coefficient (Wildman–Crippen LogP) is 18.6. The summed E-state index contributed by atoms with van der Waals surface area (Å²) in [6.45, 7) is 38.8. The summed E-state index contributed by atoms with van der Waals surface area (Å²) in [5.74, 6) is 0. The number of aryl methyl sites for hydroxylation is 18. The van der Waals surface area contributed by atoms with Crippen molar-refractivity contribution in [1.29, 1.82) is 0 Å². The molecule has 0 unspecified atom stereocenters. The van der Waals surface area contributed by atoms with Crippen molar-refractivity contribution in [3.8, 4) is 67.5 Å². The van der Waals surface area contributed by atoms with Gasteiger partial charge >= 0.3 is 0 Å². The molecule has 0 spiro atoms. The van der Waals surface area contributed by atoms with E-state index in [0.29, 0.717) is 0 Å². The van der Waals surface area contributed by atoms with Crippen LogP contribution in [0.4, 0.5) is 0 Å². The molecular weight excluding hydrogens is 1170 g/mol. The first-order valence-electron chi connectivity index (χ1n) is 33.8. The Morgan fingerprint density at radius 1 is 0.177 bits per heavy atom. The van der Waals surface area contributed by atoms with E-state index in [1.807, 2.05) is 0 Å². The Kier molecular flexibility index (Phi) is 25.7. The van der Waals surface area contributed by atoms with Crippen molar-refractivity contribution >= 4 is 0 Å². The van der Waals surface area contributed by atoms with Crippen molar-refractivity contribution in [2.45, 2.75) is 125 Å². The fraction of sp³-hybridized carbons (Fsp3) is 0.267. The van der Waals surface area contributed by atoms with Gasteiger partial charge in [0.05, 0.1) is 11.1 Å². The molecule has 0 saturated carbocycles. The Morgan fingerprint density at radius 2 is 0.417 bits per heavy atom. The number of nitrogens with zero attached hydrogens (tertiary/aromatic N) is 6. The molecule has 492 valence electrons. The minimum atomic E-state index is 1.28. The molecule has 0 aliphatic heterocycles. The summed E-state index contributed by atoms with van der Waals surface area (Å²) in [6, 6.07) is 77.7. The minimum absolute atomic E-state index is 1.28. The lowest BCUT2D eigenvalue weighted by Gasteiger charge is -2.08. The zero-order valence-electron chi connectivity index (χ0n) is 62.5. The second kappa shape index (κ2) is 33.6. The zero-order chi connectivity index (χ0) is 70.2. The van der Waals surface area contributed by atoms with E-state index in [1.54, 1.807) is 0 Å². The van der Waals surface area contributed by atoms with Gasteiger partial charge in [-0.3, -0.25) is 0 Å². The first kappa shape index (κ1) is 73.6. The largest absolute Gasteiger partial charge is 0.215 e. The summed E-state index contributed by atoms with van der Waals surface area (Å²) in [5.41, 5.74) is 39.3. The summed E-state index contributed by atoms with van der Waals surface area (Å²) in [7, 11) is 12.7. The molecule has 0 fully saturated rings. The zero-order valence-corrected chi connectivity index (χ0v) is 62.5. The van der Waals surface area contributed by atoms with Gasteiger partial charge in [0.2, 0.25) is 34.2 Å². The van der Waals surface area contributed by atoms with Gasteiger partial charge in [0, 0.05) is 136 Å². The highest BCUT2D eigenvalue weighted by molar-refractivity contribution is 5.68. The van der Waals surface area contributed by atoms with Gasteiger partial charge in [-0.25, -0.2) is 0 Å². The number of aromatic nitrogens is 6. The topological polar surface area (TPSA) is 23.3 Å². The maximum Gasteiger partial charge on any atom is 0.215 e. The standard InChI is InChI=1S/6C15H18N/c2*1-11-7-5-8-12(2)15(11)14-10-6-9-13(3)16(14)4;2*1-11-8-9-12(2)14(10-11)15-7-5-6-13(3)16(15)4;2*1-11-7-5-6-8-14(11)15-12(2)9-10-13(3)16(15)4/h6*5-10H,1-4H3/q6*+1. The second-order valence-electron chi connectivity index (χ2n) is 26.4. The van der Waals surface area contributed by atoms with Crippen LogP contribution in [0, 0.1) is 125 Å². The van der Waals surface area contributed by atoms with Crippen LogP contribution >= 0.6 is 0 Å². The lowest BCUT2D eigenvalue weighted by atomic mass is 9.99. The van der Waals surface area contributed by atoms with Gasteiger partial charge in [0.1, 0.15) is 42.3 Å². The fourth-order valence-electron chi connectivity index (χ4n) is 12.5. The molecule has 12 rings (SSSR count). The fourth-order valence-corrected chi connectivity index (χ4v) is 12.5. The lowest BCUT2D eigenvalue weighted by Crippen LogP contribution is -2.35. The normalized spacial score (nSPS) is 10.5. The third kappa shape index (κ3) is 18.0. The number of benzene rings is 6. The maximum atomic E-state index is 2.26. The molecule has 96 heavy (non-hydrogen) atoms. The molecule has 0 atom stereocenters. The van der Waals surface area contributed by atoms with E-state index in [9.17, 15) is 0 Å². The first-order chi connectivity index (χ1) is 45.6. The van der Waals surface area contributed by atoms with Gasteiger partial charge in [0.25, 0.3) is 0 Å². The Labute approximate surface area is 577 Å². The Morgan fingerprint density at radius 3 is 0.729 bits per heavy atom. The quantitative estimate of drug-likeness (QED) is 0.148. The van der Waals surface area contributed by atoms with Crippen LogP contribution < -0.4 is 27.4 Å². The molecule has 6 heteroatoms. The van der Waals surface area contributed by atoms with Gasteiger partial charge in [-0.15, -0.1) is 0 Å². The number of hydrogen-bond donors (Lipinski definition) is 0. The van der Waals surface area contributed by atoms with E-state index in [4.69, 9.17) is 0 Å². The molecular formula is C90H108N6+6. The van der Waals surface area contributed by atoms with Crippen LogP contribution in [-0.2, 0) is 42.3 Å². The van der Waals surface area contributed by atoms with Gasteiger partial charge in [-0.05, 0) is 188 Å². The summed E-state index contributed by atoms with van der Waals surface area (Å²) in [4.78, 5) is 0. The van der Waals surface area contributed by atoms with Crippen LogP contribution in [0.3, 0.4) is 0 Å². The van der Waals surface area contributed by atoms with E-state index in [2.05, 4.69) is 413 Å². The van der Waals surface area contributed by atoms with Crippen molar-refractivity contribution in [2.75, 3.05) is 0 Å². The molecule has 6 heterocycles. The van der Waals surface area contributed by atoms with Crippen LogP contribution in [0.25, 0.3) is 67.5 Å². The number of pyridine rings is 6. The first-order valence-corrected chi connectivity index (χ1v) is 33.8. The van der Waals surface area contributed by atoms with Crippen molar-refractivity contribution in [1.82, 2.24) is 0 Å². The van der Waals surface area contributed by atoms with Crippen LogP contribution in [0.1, 0.15) is 101 Å². The third-order valence-electron chi connectivity index (χ3n) is 19.2. The van der Waals surface area contributed by atoms with Gasteiger partial charge in [-0.2, -0.15) is 27.4 Å². The van der Waals surface area contributed by atoms with Gasteiger partial charge in [0.15, 0.2) is 34.2 Å². The molecule has 0 bridgehead atoms. The smallest absolute Gasteiger partial charge is 0.199 e. The van der Waals surface area contributed by atoms with Crippen molar-refractivity contribution in [2.24, 2.45) is 42.3 Å². The molecule has 0 N–H and O–H groups in total. The summed E-state index contributed by atoms with van der Waals surface area (Å²) >= 11 is 0. The molecule has 0 aliphatic carbocycles. The molecule has 6 aromatic heterocycles. The molecule has 12 aromatic rings. The molecule has 6 aromatic carbocycles. The monoisotopic (exact) mass is 1270 g/mol. The predicted molar refractivity (Wildman–Crippen MR) is 404 cm³/mol. The SMILES string of the molecule is Cc1ccc(C)c(-c2cccc(C)[n+]2C)c1.Cc1ccc(C)c(-c2cccc(C)[n+]2C)c1.Cc1cccc(C)c1-c1cccc(C)[n+]1C.Cc1cccc(C)c1-c1cccc(C)[n+]1C.Cc1ccccc1-c1c(C)ccc(C)[n+]1C.Cc1ccccc1-c1c(C)ccc(C)[n+]1C. The lowest BCUT2D eigenvalue weighted by molar-refractivity contribution is -0.667. The number of rotatable bonds is 6. The number of hydrogen-bond acceptors (Lipinski definition) is 0. The van der Waals surface area contributed by atoms with E-state index >= 15 is 0 Å². The van der Waals surface area contributed by atoms with E-state index in [0.717, 1.165) is 0 Å². The van der Waals surface area contributed by atoms with Crippen LogP contribution in [-0.4, -0.2) is 0 Å². The van der Waals surface area contributed by atoms with E-state index in [1.165, 1.54) is 168 Å². The van der Waals surface area contributed by atoms with Gasteiger partial charge < -0.3 is 0 Å². The second-order valence-corrected chi connectivity index (χ2v) is 26.4. The van der Waals surface area contributed by atoms with E-state index < -0.39 is 0 Å².